The smallest absolute Gasteiger partial charge is 0.168 e. The van der Waals surface area contributed by atoms with Crippen molar-refractivity contribution >= 4 is 22.8 Å². The first-order valence-electron chi connectivity index (χ1n) is 7.27. The maximum Gasteiger partial charge on any atom is 0.168 e. The molecule has 4 heteroatoms. The van der Waals surface area contributed by atoms with Crippen molar-refractivity contribution in [2.45, 2.75) is 43.7 Å². The summed E-state index contributed by atoms with van der Waals surface area (Å²) in [6.07, 6.45) is 6.59. The van der Waals surface area contributed by atoms with Crippen LogP contribution in [-0.4, -0.2) is 15.3 Å². The maximum absolute atomic E-state index is 8.57. The second kappa shape index (κ2) is 5.88. The molecule has 104 valence electrons. The van der Waals surface area contributed by atoms with Crippen LogP contribution in [0.1, 0.15) is 36.8 Å². The fourth-order valence-corrected chi connectivity index (χ4v) is 3.77. The lowest BCUT2D eigenvalue weighted by Crippen LogP contribution is -2.02. The molecular formula is C16H19N3S. The quantitative estimate of drug-likeness (QED) is 0.633. The molecule has 3 nitrogen and oxygen atoms in total. The fourth-order valence-electron chi connectivity index (χ4n) is 2.84. The largest absolute Gasteiger partial charge is 0.322 e. The predicted octanol–water partition coefficient (Wildman–Crippen LogP) is 3.85. The molecule has 0 saturated heterocycles. The first kappa shape index (κ1) is 13.5. The van der Waals surface area contributed by atoms with Crippen molar-refractivity contribution < 1.29 is 0 Å². The summed E-state index contributed by atoms with van der Waals surface area (Å²) in [6, 6.07) is 6.80. The Morgan fingerprint density at radius 1 is 1.30 bits per heavy atom. The third kappa shape index (κ3) is 2.55. The van der Waals surface area contributed by atoms with Crippen molar-refractivity contribution in [3.05, 3.63) is 23.3 Å². The summed E-state index contributed by atoms with van der Waals surface area (Å²) in [4.78, 5) is 4.76. The number of rotatable bonds is 4. The van der Waals surface area contributed by atoms with Crippen LogP contribution in [0.3, 0.4) is 0 Å². The van der Waals surface area contributed by atoms with Crippen molar-refractivity contribution in [1.29, 1.82) is 5.26 Å². The molecule has 1 aliphatic rings. The highest BCUT2D eigenvalue weighted by atomic mass is 32.2. The van der Waals surface area contributed by atoms with Gasteiger partial charge in [0.05, 0.1) is 17.1 Å². The highest BCUT2D eigenvalue weighted by Crippen LogP contribution is 2.29. The minimum atomic E-state index is 0.630. The molecule has 0 unspecified atom stereocenters. The third-order valence-corrected chi connectivity index (χ3v) is 5.08. The molecule has 0 atom stereocenters. The van der Waals surface area contributed by atoms with E-state index >= 15 is 0 Å². The van der Waals surface area contributed by atoms with Gasteiger partial charge in [0.25, 0.3) is 0 Å². The number of aromatic nitrogens is 2. The minimum absolute atomic E-state index is 0.630. The maximum atomic E-state index is 8.57. The molecule has 0 radical (unpaired) electrons. The average Bonchev–Trinajstić information content (AvgIpc) is 2.77. The topological polar surface area (TPSA) is 41.6 Å². The lowest BCUT2D eigenvalue weighted by Gasteiger charge is -2.15. The van der Waals surface area contributed by atoms with Gasteiger partial charge in [0.1, 0.15) is 0 Å². The van der Waals surface area contributed by atoms with Gasteiger partial charge in [0.15, 0.2) is 5.16 Å². The summed E-state index contributed by atoms with van der Waals surface area (Å²) in [5.74, 6) is 0.963. The van der Waals surface area contributed by atoms with Crippen LogP contribution >= 0.6 is 11.8 Å². The van der Waals surface area contributed by atoms with Gasteiger partial charge in [-0.2, -0.15) is 5.26 Å². The lowest BCUT2D eigenvalue weighted by molar-refractivity contribution is 0.686. The first-order chi connectivity index (χ1) is 9.79. The van der Waals surface area contributed by atoms with Crippen molar-refractivity contribution in [1.82, 2.24) is 9.55 Å². The summed E-state index contributed by atoms with van der Waals surface area (Å²) < 4.78 is 2.20. The van der Waals surface area contributed by atoms with E-state index in [1.807, 2.05) is 0 Å². The van der Waals surface area contributed by atoms with Gasteiger partial charge in [0, 0.05) is 19.2 Å². The molecule has 0 amide bonds. The van der Waals surface area contributed by atoms with Gasteiger partial charge < -0.3 is 4.57 Å². The Kier molecular flexibility index (Phi) is 3.98. The van der Waals surface area contributed by atoms with Gasteiger partial charge in [-0.25, -0.2) is 4.98 Å². The summed E-state index contributed by atoms with van der Waals surface area (Å²) in [7, 11) is 2.09. The van der Waals surface area contributed by atoms with Gasteiger partial charge in [-0.05, 0) is 55.4 Å². The molecule has 0 aliphatic heterocycles. The van der Waals surface area contributed by atoms with E-state index in [9.17, 15) is 0 Å². The highest BCUT2D eigenvalue weighted by molar-refractivity contribution is 7.99. The van der Waals surface area contributed by atoms with E-state index in [0.29, 0.717) is 6.42 Å². The minimum Gasteiger partial charge on any atom is -0.322 e. The zero-order valence-corrected chi connectivity index (χ0v) is 12.7. The number of benzene rings is 1. The summed E-state index contributed by atoms with van der Waals surface area (Å²) >= 11 is 1.76. The molecule has 2 aromatic rings. The van der Waals surface area contributed by atoms with E-state index in [1.165, 1.54) is 42.3 Å². The summed E-state index contributed by atoms with van der Waals surface area (Å²) in [5, 5.41) is 9.64. The standard InChI is InChI=1S/C16H19N3S/c1-19-15-11-13-7-3-2-6-12(13)10-14(15)18-16(19)20-9-5-4-8-17/h10-11H,2-7,9H2,1H3. The number of nitriles is 1. The van der Waals surface area contributed by atoms with Crippen molar-refractivity contribution in [3.63, 3.8) is 0 Å². The van der Waals surface area contributed by atoms with Crippen molar-refractivity contribution in [3.8, 4) is 6.07 Å². The van der Waals surface area contributed by atoms with Crippen LogP contribution in [0, 0.1) is 11.3 Å². The van der Waals surface area contributed by atoms with E-state index in [-0.39, 0.29) is 0 Å². The van der Waals surface area contributed by atoms with Crippen LogP contribution in [0.5, 0.6) is 0 Å². The van der Waals surface area contributed by atoms with Crippen LogP contribution in [0.15, 0.2) is 17.3 Å². The molecule has 0 bridgehead atoms. The predicted molar refractivity (Wildman–Crippen MR) is 82.9 cm³/mol. The molecule has 0 N–H and O–H groups in total. The Labute approximate surface area is 124 Å². The third-order valence-electron chi connectivity index (χ3n) is 3.97. The Balaban J connectivity index is 1.87. The van der Waals surface area contributed by atoms with Gasteiger partial charge >= 0.3 is 0 Å². The number of hydrogen-bond donors (Lipinski definition) is 0. The van der Waals surface area contributed by atoms with Crippen LogP contribution in [0.2, 0.25) is 0 Å². The first-order valence-corrected chi connectivity index (χ1v) is 8.26. The van der Waals surface area contributed by atoms with Gasteiger partial charge in [-0.15, -0.1) is 0 Å². The zero-order chi connectivity index (χ0) is 13.9. The second-order valence-electron chi connectivity index (χ2n) is 5.38. The van der Waals surface area contributed by atoms with Gasteiger partial charge in [0.2, 0.25) is 0 Å². The average molecular weight is 285 g/mol. The van der Waals surface area contributed by atoms with Crippen molar-refractivity contribution in [2.75, 3.05) is 5.75 Å². The van der Waals surface area contributed by atoms with E-state index in [0.717, 1.165) is 22.8 Å². The monoisotopic (exact) mass is 285 g/mol. The molecule has 0 saturated carbocycles. The van der Waals surface area contributed by atoms with E-state index in [1.54, 1.807) is 11.8 Å². The molecule has 3 rings (SSSR count). The zero-order valence-electron chi connectivity index (χ0n) is 11.9. The molecule has 0 fully saturated rings. The van der Waals surface area contributed by atoms with Crippen LogP contribution in [0.25, 0.3) is 11.0 Å². The van der Waals surface area contributed by atoms with E-state index in [2.05, 4.69) is 29.8 Å². The molecule has 1 aliphatic carbocycles. The highest BCUT2D eigenvalue weighted by Gasteiger charge is 2.14. The second-order valence-corrected chi connectivity index (χ2v) is 6.44. The normalized spacial score (nSPS) is 14.2. The number of nitrogens with zero attached hydrogens (tertiary/aromatic N) is 3. The Morgan fingerprint density at radius 2 is 2.05 bits per heavy atom. The Morgan fingerprint density at radius 3 is 2.80 bits per heavy atom. The lowest BCUT2D eigenvalue weighted by atomic mass is 9.91. The Bertz CT molecular complexity index is 666. The number of hydrogen-bond acceptors (Lipinski definition) is 3. The number of unbranched alkanes of at least 4 members (excludes halogenated alkanes) is 1. The molecule has 1 heterocycles. The molecule has 20 heavy (non-hydrogen) atoms. The number of thioether (sulfide) groups is 1. The van der Waals surface area contributed by atoms with Crippen LogP contribution in [-0.2, 0) is 19.9 Å². The SMILES string of the molecule is Cn1c(SCCCC#N)nc2cc3c(cc21)CCCC3. The van der Waals surface area contributed by atoms with E-state index < -0.39 is 0 Å². The molecule has 0 spiro atoms. The Hall–Kier alpha value is -1.47. The van der Waals surface area contributed by atoms with Gasteiger partial charge in [-0.1, -0.05) is 11.8 Å². The number of imidazole rings is 1. The summed E-state index contributed by atoms with van der Waals surface area (Å²) in [6.45, 7) is 0. The van der Waals surface area contributed by atoms with E-state index in [4.69, 9.17) is 10.2 Å². The number of aryl methyl sites for hydroxylation is 3. The summed E-state index contributed by atoms with van der Waals surface area (Å²) in [5.41, 5.74) is 5.36. The van der Waals surface area contributed by atoms with Crippen LogP contribution in [0.4, 0.5) is 0 Å². The fraction of sp³-hybridized carbons (Fsp3) is 0.500. The molecule has 1 aromatic carbocycles. The van der Waals surface area contributed by atoms with Crippen LogP contribution < -0.4 is 0 Å². The molecular weight excluding hydrogens is 266 g/mol. The molecule has 1 aromatic heterocycles. The van der Waals surface area contributed by atoms with Crippen molar-refractivity contribution in [2.24, 2.45) is 7.05 Å². The van der Waals surface area contributed by atoms with Gasteiger partial charge in [-0.3, -0.25) is 0 Å². The number of fused-ring (bicyclic) bond motifs is 2.